The van der Waals surface area contributed by atoms with Gasteiger partial charge in [0.1, 0.15) is 42.7 Å². The Morgan fingerprint density at radius 1 is 0.857 bits per heavy atom. The van der Waals surface area contributed by atoms with Gasteiger partial charge in [-0.25, -0.2) is 0 Å². The molecule has 244 valence electrons. The number of ether oxygens (including phenoxy) is 3. The lowest BCUT2D eigenvalue weighted by Crippen LogP contribution is -2.64. The van der Waals surface area contributed by atoms with Gasteiger partial charge in [0.2, 0.25) is 17.7 Å². The third-order valence-electron chi connectivity index (χ3n) is 7.53. The fraction of sp³-hybridized carbons (Fsp3) is 0.889. The minimum atomic E-state index is -1.47. The summed E-state index contributed by atoms with van der Waals surface area (Å²) in [6.07, 6.45) is -8.34. The van der Waals surface area contributed by atoms with E-state index in [9.17, 15) is 45.0 Å². The molecule has 2 rings (SSSR count). The topological polar surface area (TPSA) is 228 Å². The molecule has 0 radical (unpaired) electrons. The summed E-state index contributed by atoms with van der Waals surface area (Å²) in [5.41, 5.74) is 0. The zero-order chi connectivity index (χ0) is 31.4. The van der Waals surface area contributed by atoms with Gasteiger partial charge in [-0.3, -0.25) is 14.4 Å². The van der Waals surface area contributed by atoms with Crippen LogP contribution in [0, 0.1) is 0 Å². The molecule has 2 aliphatic heterocycles. The monoisotopic (exact) mass is 607 g/mol. The highest BCUT2D eigenvalue weighted by molar-refractivity contribution is 5.77. The van der Waals surface area contributed by atoms with Crippen LogP contribution < -0.4 is 10.6 Å². The van der Waals surface area contributed by atoms with E-state index in [0.29, 0.717) is 38.6 Å². The number of carbonyl (C=O) groups excluding carboxylic acids is 3. The van der Waals surface area contributed by atoms with Gasteiger partial charge in [-0.2, -0.15) is 0 Å². The van der Waals surface area contributed by atoms with Crippen LogP contribution in [-0.2, 0) is 28.6 Å². The second-order valence-electron chi connectivity index (χ2n) is 10.8. The Morgan fingerprint density at radius 3 is 2.17 bits per heavy atom. The van der Waals surface area contributed by atoms with Crippen LogP contribution in [0.3, 0.4) is 0 Å². The molecule has 15 nitrogen and oxygen atoms in total. The molecule has 0 bridgehead atoms. The van der Waals surface area contributed by atoms with Crippen LogP contribution in [0.5, 0.6) is 0 Å². The van der Waals surface area contributed by atoms with Gasteiger partial charge in [0.25, 0.3) is 0 Å². The number of aliphatic hydroxyl groups is 6. The highest BCUT2D eigenvalue weighted by atomic mass is 16.7. The van der Waals surface area contributed by atoms with Crippen LogP contribution in [0.1, 0.15) is 59.3 Å². The van der Waals surface area contributed by atoms with Crippen LogP contribution in [0.15, 0.2) is 0 Å². The first kappa shape index (κ1) is 36.2. The van der Waals surface area contributed by atoms with E-state index in [2.05, 4.69) is 10.6 Å². The molecule has 0 aliphatic carbocycles. The molecule has 0 saturated carbocycles. The maximum absolute atomic E-state index is 13.1. The fourth-order valence-corrected chi connectivity index (χ4v) is 5.12. The highest BCUT2D eigenvalue weighted by Crippen LogP contribution is 2.25. The Balaban J connectivity index is 1.99. The Bertz CT molecular complexity index is 851. The Hall–Kier alpha value is -1.95. The Labute approximate surface area is 246 Å². The highest BCUT2D eigenvalue weighted by Gasteiger charge is 2.45. The number of unbranched alkanes of at least 4 members (excludes halogenated alkanes) is 1. The molecule has 2 saturated heterocycles. The molecule has 0 unspecified atom stereocenters. The number of hydrogen-bond acceptors (Lipinski definition) is 12. The van der Waals surface area contributed by atoms with Crippen molar-refractivity contribution in [2.45, 2.75) is 120 Å². The van der Waals surface area contributed by atoms with Crippen molar-refractivity contribution in [1.82, 2.24) is 15.5 Å². The first-order valence-corrected chi connectivity index (χ1v) is 14.7. The molecule has 2 fully saturated rings. The molecule has 0 aromatic rings. The van der Waals surface area contributed by atoms with E-state index >= 15 is 0 Å². The van der Waals surface area contributed by atoms with Crippen molar-refractivity contribution in [2.75, 3.05) is 32.8 Å². The van der Waals surface area contributed by atoms with Crippen molar-refractivity contribution in [3.63, 3.8) is 0 Å². The van der Waals surface area contributed by atoms with Crippen molar-refractivity contribution < 1.29 is 59.2 Å². The van der Waals surface area contributed by atoms with Crippen LogP contribution >= 0.6 is 0 Å². The third-order valence-corrected chi connectivity index (χ3v) is 7.53. The summed E-state index contributed by atoms with van der Waals surface area (Å²) in [6, 6.07) is -1.12. The quantitative estimate of drug-likeness (QED) is 0.0828. The zero-order valence-electron chi connectivity index (χ0n) is 24.6. The normalized spacial score (nSPS) is 33.2. The molecule has 42 heavy (non-hydrogen) atoms. The molecule has 0 aromatic heterocycles. The molecule has 0 aromatic carbocycles. The Kier molecular flexibility index (Phi) is 15.5. The molecular weight excluding hydrogens is 558 g/mol. The first-order chi connectivity index (χ1) is 19.9. The van der Waals surface area contributed by atoms with E-state index in [1.54, 1.807) is 11.8 Å². The fourth-order valence-electron chi connectivity index (χ4n) is 5.12. The molecule has 3 amide bonds. The minimum absolute atomic E-state index is 0.0726. The smallest absolute Gasteiger partial charge is 0.222 e. The summed E-state index contributed by atoms with van der Waals surface area (Å²) >= 11 is 0. The SMILES string of the molecule is CCNC(=O)CCCCC(=O)N(CCC[C@@H]1O[C@@H](C)[C@@H](O)[C@@H](O)[C@@H]1O)CCO[C@@H]1O[C@H](CO)[C@@H](O)[C@H](O)[C@H]1NC(C)=O. The maximum atomic E-state index is 13.1. The molecular formula is C27H49N3O12. The van der Waals surface area contributed by atoms with Gasteiger partial charge in [0, 0.05) is 39.4 Å². The lowest BCUT2D eigenvalue weighted by molar-refractivity contribution is -0.270. The molecule has 15 heteroatoms. The molecule has 2 aliphatic rings. The van der Waals surface area contributed by atoms with E-state index in [4.69, 9.17) is 14.2 Å². The number of nitrogens with one attached hydrogen (secondary N) is 2. The lowest BCUT2D eigenvalue weighted by Gasteiger charge is -2.42. The average molecular weight is 608 g/mol. The van der Waals surface area contributed by atoms with Gasteiger partial charge in [0.05, 0.1) is 25.4 Å². The van der Waals surface area contributed by atoms with Crippen LogP contribution in [0.2, 0.25) is 0 Å². The zero-order valence-corrected chi connectivity index (χ0v) is 24.6. The molecule has 10 atom stereocenters. The number of hydrogen-bond donors (Lipinski definition) is 8. The van der Waals surface area contributed by atoms with Crippen molar-refractivity contribution in [3.05, 3.63) is 0 Å². The predicted octanol–water partition coefficient (Wildman–Crippen LogP) is -2.88. The number of amides is 3. The van der Waals surface area contributed by atoms with Crippen molar-refractivity contribution in [3.8, 4) is 0 Å². The molecule has 0 spiro atoms. The number of aliphatic hydroxyl groups excluding tert-OH is 6. The minimum Gasteiger partial charge on any atom is -0.394 e. The van der Waals surface area contributed by atoms with E-state index in [0.717, 1.165) is 0 Å². The summed E-state index contributed by atoms with van der Waals surface area (Å²) in [4.78, 5) is 38.0. The van der Waals surface area contributed by atoms with Crippen LogP contribution in [0.4, 0.5) is 0 Å². The third kappa shape index (κ3) is 10.6. The van der Waals surface area contributed by atoms with E-state index in [1.165, 1.54) is 6.92 Å². The maximum Gasteiger partial charge on any atom is 0.222 e. The van der Waals surface area contributed by atoms with Crippen LogP contribution in [0.25, 0.3) is 0 Å². The van der Waals surface area contributed by atoms with Crippen molar-refractivity contribution in [1.29, 1.82) is 0 Å². The van der Waals surface area contributed by atoms with Gasteiger partial charge in [-0.15, -0.1) is 0 Å². The van der Waals surface area contributed by atoms with Crippen molar-refractivity contribution in [2.24, 2.45) is 0 Å². The van der Waals surface area contributed by atoms with Crippen LogP contribution in [-0.4, -0.2) is 147 Å². The molecule has 8 N–H and O–H groups in total. The average Bonchev–Trinajstić information content (AvgIpc) is 2.95. The van der Waals surface area contributed by atoms with E-state index in [1.807, 2.05) is 6.92 Å². The van der Waals surface area contributed by atoms with Gasteiger partial charge in [0.15, 0.2) is 6.29 Å². The first-order valence-electron chi connectivity index (χ1n) is 14.7. The summed E-state index contributed by atoms with van der Waals surface area (Å²) in [5.74, 6) is -0.776. The van der Waals surface area contributed by atoms with Gasteiger partial charge in [-0.1, -0.05) is 0 Å². The summed E-state index contributed by atoms with van der Waals surface area (Å²) in [7, 11) is 0. The lowest BCUT2D eigenvalue weighted by atomic mass is 9.93. The van der Waals surface area contributed by atoms with Gasteiger partial charge < -0.3 is 60.4 Å². The molecule has 2 heterocycles. The number of rotatable bonds is 16. The van der Waals surface area contributed by atoms with Gasteiger partial charge in [-0.05, 0) is 39.5 Å². The largest absolute Gasteiger partial charge is 0.394 e. The summed E-state index contributed by atoms with van der Waals surface area (Å²) in [6.45, 7) is 4.86. The van der Waals surface area contributed by atoms with E-state index in [-0.39, 0.29) is 37.9 Å². The Morgan fingerprint density at radius 2 is 1.52 bits per heavy atom. The number of carbonyl (C=O) groups is 3. The van der Waals surface area contributed by atoms with Gasteiger partial charge >= 0.3 is 0 Å². The second kappa shape index (κ2) is 18.0. The van der Waals surface area contributed by atoms with E-state index < -0.39 is 73.7 Å². The predicted molar refractivity (Wildman–Crippen MR) is 147 cm³/mol. The second-order valence-corrected chi connectivity index (χ2v) is 10.8. The standard InChI is InChI=1S/C27H49N3O12/c1-4-28-19(33)9-5-6-10-20(34)30(11-7-8-17-23(36)26(39)22(35)15(2)41-17)12-13-40-27-21(29-16(3)32)25(38)24(37)18(14-31)42-27/h15,17-18,21-27,31,35-39H,4-14H2,1-3H3,(H,28,33)(H,29,32)/t15-,17-,18+,21+,22+,23+,24+,25+,26+,27+/m0/s1. The summed E-state index contributed by atoms with van der Waals surface area (Å²) < 4.78 is 17.0. The number of nitrogens with zero attached hydrogens (tertiary/aromatic N) is 1. The summed E-state index contributed by atoms with van der Waals surface area (Å²) in [5, 5.41) is 65.7. The van der Waals surface area contributed by atoms with Crippen molar-refractivity contribution >= 4 is 17.7 Å².